The molecule has 0 aliphatic heterocycles. The summed E-state index contributed by atoms with van der Waals surface area (Å²) < 4.78 is 0. The monoisotopic (exact) mass is 1030 g/mol. The van der Waals surface area contributed by atoms with Crippen LogP contribution in [0.2, 0.25) is 0 Å². The van der Waals surface area contributed by atoms with E-state index >= 15 is 0 Å². The Labute approximate surface area is 443 Å². The molecule has 0 saturated carbocycles. The van der Waals surface area contributed by atoms with Crippen molar-refractivity contribution in [2.24, 2.45) is 0 Å². The van der Waals surface area contributed by atoms with E-state index in [1.807, 2.05) is 34.1 Å². The average Bonchev–Trinajstić information content (AvgIpc) is 3.34. The van der Waals surface area contributed by atoms with Gasteiger partial charge in [0.25, 0.3) is 0 Å². The van der Waals surface area contributed by atoms with Crippen molar-refractivity contribution in [3.05, 3.63) is 97.2 Å². The van der Waals surface area contributed by atoms with Crippen molar-refractivity contribution in [3.63, 3.8) is 0 Å². The molecule has 0 fully saturated rings. The molecule has 0 aromatic carbocycles. The average molecular weight is 1030 g/mol. The van der Waals surface area contributed by atoms with Gasteiger partial charge in [-0.3, -0.25) is 19.4 Å². The first-order valence-corrected chi connectivity index (χ1v) is 29.9. The normalized spacial score (nSPS) is 15.0. The Bertz CT molecular complexity index is 1390. The maximum atomic E-state index is 13.0. The van der Waals surface area contributed by atoms with Crippen molar-refractivity contribution >= 4 is 33.8 Å². The number of rotatable bonds is 49. The molecule has 0 aliphatic rings. The van der Waals surface area contributed by atoms with Crippen molar-refractivity contribution in [1.29, 1.82) is 0 Å². The van der Waals surface area contributed by atoms with E-state index in [1.165, 1.54) is 77.0 Å². The van der Waals surface area contributed by atoms with Gasteiger partial charge in [-0.2, -0.15) is 0 Å². The second-order valence-corrected chi connectivity index (χ2v) is 21.1. The Hall–Kier alpha value is -2.32. The van der Waals surface area contributed by atoms with Crippen molar-refractivity contribution in [2.45, 2.75) is 219 Å². The summed E-state index contributed by atoms with van der Waals surface area (Å²) in [4.78, 5) is 30.0. The number of allylic oxidation sites excluding steroid dienone is 12. The maximum Gasteiger partial charge on any atom is 0.217 e. The minimum atomic E-state index is -1.45. The first-order chi connectivity index (χ1) is 34.6. The zero-order valence-electron chi connectivity index (χ0n) is 45.2. The fraction of sp³-hybridized carbons (Fsp3) is 0.700. The zero-order valence-corrected chi connectivity index (χ0v) is 46.9. The minimum absolute atomic E-state index is 0.295. The van der Waals surface area contributed by atoms with Gasteiger partial charge in [0.15, 0.2) is 5.12 Å². The van der Waals surface area contributed by atoms with Crippen LogP contribution in [0.1, 0.15) is 188 Å². The van der Waals surface area contributed by atoms with Crippen LogP contribution in [0.25, 0.3) is 0 Å². The molecule has 5 unspecified atom stereocenters. The Morgan fingerprint density at radius 1 is 0.394 bits per heavy atom. The molecular formula is C60H104N2O7S2. The molecule has 0 heterocycles. The molecule has 9 nitrogen and oxygen atoms in total. The summed E-state index contributed by atoms with van der Waals surface area (Å²) in [5.41, 5.74) is 0. The van der Waals surface area contributed by atoms with Crippen LogP contribution in [-0.4, -0.2) is 127 Å². The van der Waals surface area contributed by atoms with Gasteiger partial charge in [-0.1, -0.05) is 200 Å². The number of carbonyl (C=O) groups is 2. The lowest BCUT2D eigenvalue weighted by molar-refractivity contribution is -0.122. The van der Waals surface area contributed by atoms with E-state index in [0.29, 0.717) is 76.5 Å². The molecule has 5 N–H and O–H groups in total. The molecule has 0 aliphatic carbocycles. The molecule has 0 rings (SSSR count). The number of unbranched alkanes of at least 4 members (excludes halogenated alkanes) is 12. The number of carbonyl (C=O) groups excluding carboxylic acids is 2. The van der Waals surface area contributed by atoms with Gasteiger partial charge < -0.3 is 25.5 Å². The maximum absolute atomic E-state index is 13.0. The number of thioether (sulfide) groups is 2. The summed E-state index contributed by atoms with van der Waals surface area (Å²) in [7, 11) is 0. The van der Waals surface area contributed by atoms with Crippen LogP contribution in [0, 0.1) is 0 Å². The quantitative estimate of drug-likeness (QED) is 0.0294. The van der Waals surface area contributed by atoms with E-state index in [-0.39, 0.29) is 11.5 Å². The molecule has 5 atom stereocenters. The van der Waals surface area contributed by atoms with Crippen molar-refractivity contribution < 1.29 is 35.1 Å². The topological polar surface area (TPSA) is 142 Å². The van der Waals surface area contributed by atoms with Gasteiger partial charge >= 0.3 is 0 Å². The molecule has 0 spiro atoms. The molecule has 11 heteroatoms. The Balaban J connectivity index is 5.30. The van der Waals surface area contributed by atoms with Crippen LogP contribution < -0.4 is 0 Å². The first kappa shape index (κ1) is 68.7. The summed E-state index contributed by atoms with van der Waals surface area (Å²) in [6.07, 6.45) is 53.6. The number of aliphatic hydroxyl groups is 5. The van der Waals surface area contributed by atoms with Crippen LogP contribution in [0.5, 0.6) is 0 Å². The van der Waals surface area contributed by atoms with E-state index in [0.717, 1.165) is 74.9 Å². The van der Waals surface area contributed by atoms with E-state index < -0.39 is 35.6 Å². The lowest BCUT2D eigenvalue weighted by Gasteiger charge is -2.27. The molecule has 0 saturated heterocycles. The van der Waals surface area contributed by atoms with Crippen LogP contribution in [0.15, 0.2) is 97.2 Å². The van der Waals surface area contributed by atoms with Crippen LogP contribution in [-0.2, 0) is 9.59 Å². The van der Waals surface area contributed by atoms with Crippen molar-refractivity contribution in [1.82, 2.24) is 9.80 Å². The SMILES string of the molecule is CCCCC/C=C\C/C=C\CC(O)CN(CCSC(=O)CC(O)C(=O)SCCN(CC(O)C/C=C\C/C=C\CCCCC)CC(O)C/C=C\C/C=C\CCCCC)CC(O)C/C=C\C/C=C\CCCCC. The standard InChI is InChI=1S/C60H104N2O7S2/c1-5-9-13-17-21-25-29-33-37-41-54(63)50-61(51-55(64)42-38-34-30-26-22-18-14-10-6-2)45-47-70-59(68)49-58(67)60(69)71-48-46-62(52-56(65)43-39-35-31-27-23-19-15-11-7-3)53-57(66)44-40-36-32-28-24-20-16-12-8-4/h21-28,33-40,54-58,63-67H,5-20,29-32,41-53H2,1-4H3/b25-21-,26-22-,27-23-,28-24-,37-33-,38-34-,39-35-,40-36-. The minimum Gasteiger partial charge on any atom is -0.391 e. The fourth-order valence-corrected chi connectivity index (χ4v) is 9.26. The van der Waals surface area contributed by atoms with Gasteiger partial charge in [0.05, 0.1) is 30.8 Å². The zero-order chi connectivity index (χ0) is 52.3. The van der Waals surface area contributed by atoms with E-state index in [1.54, 1.807) is 0 Å². The molecule has 71 heavy (non-hydrogen) atoms. The van der Waals surface area contributed by atoms with E-state index in [4.69, 9.17) is 0 Å². The third-order valence-electron chi connectivity index (χ3n) is 11.8. The molecular weight excluding hydrogens is 925 g/mol. The summed E-state index contributed by atoms with van der Waals surface area (Å²) in [5, 5.41) is 53.7. The third kappa shape index (κ3) is 48.4. The molecule has 0 amide bonds. The van der Waals surface area contributed by atoms with Crippen molar-refractivity contribution in [3.8, 4) is 0 Å². The smallest absolute Gasteiger partial charge is 0.217 e. The summed E-state index contributed by atoms with van der Waals surface area (Å²) in [6, 6.07) is 0. The van der Waals surface area contributed by atoms with Gasteiger partial charge in [-0.25, -0.2) is 0 Å². The Morgan fingerprint density at radius 3 is 0.972 bits per heavy atom. The van der Waals surface area contributed by atoms with Crippen molar-refractivity contribution in [2.75, 3.05) is 50.8 Å². The second kappa shape index (κ2) is 52.5. The highest BCUT2D eigenvalue weighted by Crippen LogP contribution is 2.16. The lowest BCUT2D eigenvalue weighted by Crippen LogP contribution is -2.39. The van der Waals surface area contributed by atoms with Gasteiger partial charge in [-0.05, 0) is 103 Å². The highest BCUT2D eigenvalue weighted by molar-refractivity contribution is 8.14. The fourth-order valence-electron chi connectivity index (χ4n) is 7.58. The predicted octanol–water partition coefficient (Wildman–Crippen LogP) is 13.2. The van der Waals surface area contributed by atoms with E-state index in [9.17, 15) is 35.1 Å². The number of hydrogen-bond donors (Lipinski definition) is 5. The van der Waals surface area contributed by atoms with Crippen LogP contribution in [0.3, 0.4) is 0 Å². The number of nitrogens with zero attached hydrogens (tertiary/aromatic N) is 2. The first-order valence-electron chi connectivity index (χ1n) is 27.9. The lowest BCUT2D eigenvalue weighted by atomic mass is 10.1. The Kier molecular flexibility index (Phi) is 50.8. The van der Waals surface area contributed by atoms with Gasteiger partial charge in [0.2, 0.25) is 5.12 Å². The second-order valence-electron chi connectivity index (χ2n) is 18.9. The Morgan fingerprint density at radius 2 is 0.676 bits per heavy atom. The van der Waals surface area contributed by atoms with Gasteiger partial charge in [0.1, 0.15) is 6.10 Å². The highest BCUT2D eigenvalue weighted by Gasteiger charge is 2.22. The summed E-state index contributed by atoms with van der Waals surface area (Å²) >= 11 is 2.02. The largest absolute Gasteiger partial charge is 0.391 e. The van der Waals surface area contributed by atoms with Crippen LogP contribution >= 0.6 is 23.5 Å². The number of aliphatic hydroxyl groups excluding tert-OH is 5. The molecule has 0 aromatic rings. The van der Waals surface area contributed by atoms with Gasteiger partial charge in [-0.15, -0.1) is 0 Å². The van der Waals surface area contributed by atoms with Crippen LogP contribution in [0.4, 0.5) is 0 Å². The number of hydrogen-bond acceptors (Lipinski definition) is 11. The molecule has 0 radical (unpaired) electrons. The predicted molar refractivity (Wildman–Crippen MR) is 309 cm³/mol. The summed E-state index contributed by atoms with van der Waals surface area (Å²) in [5.74, 6) is 0.725. The molecule has 408 valence electrons. The third-order valence-corrected chi connectivity index (χ3v) is 13.6. The molecule has 0 bridgehead atoms. The van der Waals surface area contributed by atoms with E-state index in [2.05, 4.69) is 101 Å². The summed E-state index contributed by atoms with van der Waals surface area (Å²) in [6.45, 7) is 11.0. The molecule has 0 aromatic heterocycles. The highest BCUT2D eigenvalue weighted by atomic mass is 32.2. The van der Waals surface area contributed by atoms with Gasteiger partial charge in [0, 0.05) is 50.8 Å².